The summed E-state index contributed by atoms with van der Waals surface area (Å²) in [4.78, 5) is 7.37. The predicted octanol–water partition coefficient (Wildman–Crippen LogP) is 11.7. The van der Waals surface area contributed by atoms with Crippen molar-refractivity contribution in [2.75, 3.05) is 4.90 Å². The van der Waals surface area contributed by atoms with Gasteiger partial charge in [-0.05, 0) is 53.4 Å². The lowest BCUT2D eigenvalue weighted by Gasteiger charge is -2.28. The van der Waals surface area contributed by atoms with E-state index in [1.54, 1.807) is 0 Å². The zero-order chi connectivity index (χ0) is 29.7. The van der Waals surface area contributed by atoms with Gasteiger partial charge in [0.05, 0.1) is 17.1 Å². The van der Waals surface area contributed by atoms with Crippen molar-refractivity contribution >= 4 is 60.9 Å². The number of benzene rings is 7. The van der Waals surface area contributed by atoms with E-state index < -0.39 is 0 Å². The van der Waals surface area contributed by atoms with E-state index in [1.165, 1.54) is 0 Å². The lowest BCUT2D eigenvalue weighted by molar-refractivity contribution is 0.620. The highest BCUT2D eigenvalue weighted by Crippen LogP contribution is 2.47. The summed E-state index contributed by atoms with van der Waals surface area (Å²) in [5.41, 5.74) is 9.30. The number of nitrogens with zero attached hydrogens (tertiary/aromatic N) is 2. The largest absolute Gasteiger partial charge is 0.456 e. The Balaban J connectivity index is 1.37. The number of fused-ring (bicyclic) bond motifs is 6. The number of oxazole rings is 1. The molecule has 0 radical (unpaired) electrons. The quantitative estimate of drug-likeness (QED) is 0.204. The second-order valence-electron chi connectivity index (χ2n) is 11.2. The first-order valence-corrected chi connectivity index (χ1v) is 15.1. The van der Waals surface area contributed by atoms with Gasteiger partial charge in [0.15, 0.2) is 5.58 Å². The van der Waals surface area contributed by atoms with Crippen LogP contribution in [0.25, 0.3) is 66.4 Å². The van der Waals surface area contributed by atoms with Crippen molar-refractivity contribution in [2.45, 2.75) is 0 Å². The van der Waals surface area contributed by atoms with E-state index in [0.717, 1.165) is 77.6 Å². The van der Waals surface area contributed by atoms with Crippen LogP contribution >= 0.6 is 0 Å². The molecule has 2 aromatic heterocycles. The summed E-state index contributed by atoms with van der Waals surface area (Å²) in [5.74, 6) is 0.590. The smallest absolute Gasteiger partial charge is 0.227 e. The lowest BCUT2D eigenvalue weighted by Crippen LogP contribution is -2.11. The molecule has 4 heteroatoms. The third-order valence-corrected chi connectivity index (χ3v) is 8.48. The third kappa shape index (κ3) is 4.19. The van der Waals surface area contributed by atoms with Crippen LogP contribution in [0.5, 0.6) is 0 Å². The van der Waals surface area contributed by atoms with E-state index in [-0.39, 0.29) is 0 Å². The maximum atomic E-state index is 6.72. The molecule has 0 unspecified atom stereocenters. The van der Waals surface area contributed by atoms with Gasteiger partial charge < -0.3 is 13.7 Å². The Hall–Kier alpha value is -6.13. The van der Waals surface area contributed by atoms with Crippen LogP contribution in [0.3, 0.4) is 0 Å². The SMILES string of the molecule is c1ccc(-c2nc3c(o2)c(N(c2ccc4c(c2)oc2ccccc24)c2ccccc2-c2ccccc2)cc2ccccc23)cc1. The molecule has 9 rings (SSSR count). The Labute approximate surface area is 259 Å². The van der Waals surface area contributed by atoms with Gasteiger partial charge in [0.2, 0.25) is 5.89 Å². The fourth-order valence-electron chi connectivity index (χ4n) is 6.39. The van der Waals surface area contributed by atoms with Gasteiger partial charge in [-0.25, -0.2) is 4.98 Å². The highest BCUT2D eigenvalue weighted by atomic mass is 16.3. The molecule has 0 aliphatic carbocycles. The minimum atomic E-state index is 0.590. The van der Waals surface area contributed by atoms with Crippen LogP contribution in [0.4, 0.5) is 17.1 Å². The zero-order valence-electron chi connectivity index (χ0n) is 24.2. The normalized spacial score (nSPS) is 11.6. The molecule has 9 aromatic rings. The van der Waals surface area contributed by atoms with Crippen LogP contribution < -0.4 is 4.90 Å². The van der Waals surface area contributed by atoms with Gasteiger partial charge in [-0.1, -0.05) is 109 Å². The molecule has 45 heavy (non-hydrogen) atoms. The van der Waals surface area contributed by atoms with Crippen LogP contribution in [0.1, 0.15) is 0 Å². The summed E-state index contributed by atoms with van der Waals surface area (Å²) in [6.07, 6.45) is 0. The maximum absolute atomic E-state index is 6.72. The summed E-state index contributed by atoms with van der Waals surface area (Å²) >= 11 is 0. The van der Waals surface area contributed by atoms with Crippen molar-refractivity contribution in [3.8, 4) is 22.6 Å². The van der Waals surface area contributed by atoms with Crippen molar-refractivity contribution in [1.82, 2.24) is 4.98 Å². The summed E-state index contributed by atoms with van der Waals surface area (Å²) in [6.45, 7) is 0. The molecule has 2 heterocycles. The average molecular weight is 579 g/mol. The van der Waals surface area contributed by atoms with Gasteiger partial charge >= 0.3 is 0 Å². The second-order valence-corrected chi connectivity index (χ2v) is 11.2. The van der Waals surface area contributed by atoms with Crippen molar-refractivity contribution in [1.29, 1.82) is 0 Å². The molecule has 0 fully saturated rings. The molecule has 212 valence electrons. The summed E-state index contributed by atoms with van der Waals surface area (Å²) < 4.78 is 13.1. The van der Waals surface area contributed by atoms with Crippen LogP contribution in [0.2, 0.25) is 0 Å². The highest BCUT2D eigenvalue weighted by molar-refractivity contribution is 6.12. The number of rotatable bonds is 5. The number of aromatic nitrogens is 1. The van der Waals surface area contributed by atoms with Crippen molar-refractivity contribution in [3.63, 3.8) is 0 Å². The second kappa shape index (κ2) is 10.2. The molecule has 0 aliphatic heterocycles. The monoisotopic (exact) mass is 578 g/mol. The van der Waals surface area contributed by atoms with Gasteiger partial charge in [-0.15, -0.1) is 0 Å². The molecule has 0 bridgehead atoms. The number of para-hydroxylation sites is 2. The van der Waals surface area contributed by atoms with Gasteiger partial charge in [-0.2, -0.15) is 0 Å². The zero-order valence-corrected chi connectivity index (χ0v) is 24.2. The first-order chi connectivity index (χ1) is 22.3. The van der Waals surface area contributed by atoms with Crippen LogP contribution in [0.15, 0.2) is 167 Å². The molecular weight excluding hydrogens is 552 g/mol. The van der Waals surface area contributed by atoms with Gasteiger partial charge in [0.1, 0.15) is 16.7 Å². The molecule has 0 saturated heterocycles. The van der Waals surface area contributed by atoms with E-state index in [4.69, 9.17) is 13.8 Å². The van der Waals surface area contributed by atoms with Crippen LogP contribution in [-0.4, -0.2) is 4.98 Å². The molecular formula is C41H26N2O2. The molecule has 7 aromatic carbocycles. The number of hydrogen-bond donors (Lipinski definition) is 0. The minimum Gasteiger partial charge on any atom is -0.456 e. The topological polar surface area (TPSA) is 42.4 Å². The molecule has 0 amide bonds. The van der Waals surface area contributed by atoms with E-state index in [2.05, 4.69) is 108 Å². The Kier molecular flexibility index (Phi) is 5.78. The number of anilines is 3. The van der Waals surface area contributed by atoms with Gasteiger partial charge in [0.25, 0.3) is 0 Å². The Morgan fingerprint density at radius 3 is 1.98 bits per heavy atom. The van der Waals surface area contributed by atoms with E-state index in [9.17, 15) is 0 Å². The summed E-state index contributed by atoms with van der Waals surface area (Å²) in [6, 6.07) is 54.3. The van der Waals surface area contributed by atoms with E-state index in [0.29, 0.717) is 5.89 Å². The molecule has 0 aliphatic rings. The van der Waals surface area contributed by atoms with Crippen molar-refractivity contribution in [2.24, 2.45) is 0 Å². The maximum Gasteiger partial charge on any atom is 0.227 e. The first-order valence-electron chi connectivity index (χ1n) is 15.1. The summed E-state index contributed by atoms with van der Waals surface area (Å²) in [7, 11) is 0. The number of hydrogen-bond acceptors (Lipinski definition) is 4. The molecule has 0 N–H and O–H groups in total. The Morgan fingerprint density at radius 2 is 1.13 bits per heavy atom. The van der Waals surface area contributed by atoms with Crippen molar-refractivity contribution < 1.29 is 8.83 Å². The predicted molar refractivity (Wildman–Crippen MR) is 184 cm³/mol. The molecule has 4 nitrogen and oxygen atoms in total. The summed E-state index contributed by atoms with van der Waals surface area (Å²) in [5, 5.41) is 4.32. The fraction of sp³-hybridized carbons (Fsp3) is 0. The molecule has 0 atom stereocenters. The highest BCUT2D eigenvalue weighted by Gasteiger charge is 2.24. The first kappa shape index (κ1) is 25.4. The number of furan rings is 1. The molecule has 0 saturated carbocycles. The van der Waals surface area contributed by atoms with Crippen LogP contribution in [0, 0.1) is 0 Å². The van der Waals surface area contributed by atoms with Gasteiger partial charge in [-0.3, -0.25) is 0 Å². The standard InChI is InChI=1S/C41H26N2O2/c1-3-13-27(14-4-1)31-18-9-11-21-35(31)43(30-23-24-34-33-20-10-12-22-37(33)44-38(34)26-30)36-25-29-17-7-8-19-32(29)39-40(36)45-41(42-39)28-15-5-2-6-16-28/h1-26H. The third-order valence-electron chi connectivity index (χ3n) is 8.48. The Morgan fingerprint density at radius 1 is 0.467 bits per heavy atom. The average Bonchev–Trinajstić information content (AvgIpc) is 3.72. The van der Waals surface area contributed by atoms with Crippen LogP contribution in [-0.2, 0) is 0 Å². The minimum absolute atomic E-state index is 0.590. The van der Waals surface area contributed by atoms with E-state index >= 15 is 0 Å². The lowest BCUT2D eigenvalue weighted by atomic mass is 10.0. The van der Waals surface area contributed by atoms with Crippen molar-refractivity contribution in [3.05, 3.63) is 158 Å². The van der Waals surface area contributed by atoms with Gasteiger partial charge in [0, 0.05) is 33.4 Å². The molecule has 0 spiro atoms. The fourth-order valence-corrected chi connectivity index (χ4v) is 6.39. The Bertz CT molecular complexity index is 2490. The van der Waals surface area contributed by atoms with E-state index in [1.807, 2.05) is 54.6 Å².